The van der Waals surface area contributed by atoms with Crippen LogP contribution in [0.5, 0.6) is 0 Å². The van der Waals surface area contributed by atoms with Crippen LogP contribution in [0, 0.1) is 0 Å². The Hall–Kier alpha value is -2.58. The van der Waals surface area contributed by atoms with Crippen LogP contribution in [-0.4, -0.2) is 27.5 Å². The normalized spacial score (nSPS) is 15.9. The number of aromatic nitrogens is 1. The third-order valence-electron chi connectivity index (χ3n) is 3.96. The number of nitrogens with zero attached hydrogens (tertiary/aromatic N) is 2. The van der Waals surface area contributed by atoms with Crippen molar-refractivity contribution in [2.24, 2.45) is 0 Å². The predicted molar refractivity (Wildman–Crippen MR) is 101 cm³/mol. The summed E-state index contributed by atoms with van der Waals surface area (Å²) in [6.45, 7) is 0.367. The van der Waals surface area contributed by atoms with Gasteiger partial charge in [0.1, 0.15) is 11.1 Å². The second-order valence-corrected chi connectivity index (χ2v) is 7.61. The first kappa shape index (κ1) is 16.9. The molecule has 26 heavy (non-hydrogen) atoms. The first-order valence-corrected chi connectivity index (χ1v) is 9.88. The largest absolute Gasteiger partial charge is 0.467 e. The zero-order valence-corrected chi connectivity index (χ0v) is 15.3. The second kappa shape index (κ2) is 7.35. The van der Waals surface area contributed by atoms with E-state index in [1.807, 2.05) is 30.3 Å². The van der Waals surface area contributed by atoms with Crippen LogP contribution >= 0.6 is 23.1 Å². The average molecular weight is 385 g/mol. The molecule has 132 valence electrons. The number of amides is 2. The van der Waals surface area contributed by atoms with Gasteiger partial charge in [0.2, 0.25) is 5.91 Å². The lowest BCUT2D eigenvalue weighted by molar-refractivity contribution is -0.113. The van der Waals surface area contributed by atoms with Crippen molar-refractivity contribution in [3.63, 3.8) is 0 Å². The molecule has 1 atom stereocenters. The van der Waals surface area contributed by atoms with Crippen LogP contribution in [0.2, 0.25) is 0 Å². The Bertz CT molecular complexity index is 910. The van der Waals surface area contributed by atoms with Gasteiger partial charge in [-0.25, -0.2) is 4.98 Å². The maximum Gasteiger partial charge on any atom is 0.255 e. The number of benzene rings is 1. The average Bonchev–Trinajstić information content (AvgIpc) is 3.38. The van der Waals surface area contributed by atoms with Crippen LogP contribution < -0.4 is 5.32 Å². The molecule has 0 fully saturated rings. The van der Waals surface area contributed by atoms with Crippen molar-refractivity contribution in [2.45, 2.75) is 11.9 Å². The molecule has 4 rings (SSSR count). The highest BCUT2D eigenvalue weighted by molar-refractivity contribution is 8.00. The van der Waals surface area contributed by atoms with E-state index in [1.54, 1.807) is 28.8 Å². The van der Waals surface area contributed by atoms with Crippen molar-refractivity contribution < 1.29 is 14.0 Å². The molecule has 1 aliphatic rings. The summed E-state index contributed by atoms with van der Waals surface area (Å²) in [4.78, 5) is 30.8. The number of thiazole rings is 1. The standard InChI is InChI=1S/C18H15N3O3S2/c22-15(20-18-19-7-9-25-18)11-26-17-14-6-2-1-5-13(14)16(23)21(17)10-12-4-3-8-24-12/h1-9,17H,10-11H2,(H,19,20,22). The maximum atomic E-state index is 12.8. The third kappa shape index (κ3) is 3.38. The van der Waals surface area contributed by atoms with E-state index in [2.05, 4.69) is 10.3 Å². The lowest BCUT2D eigenvalue weighted by Gasteiger charge is -2.23. The molecule has 2 amide bonds. The van der Waals surface area contributed by atoms with Crippen molar-refractivity contribution in [3.05, 3.63) is 71.1 Å². The quantitative estimate of drug-likeness (QED) is 0.699. The summed E-state index contributed by atoms with van der Waals surface area (Å²) in [5, 5.41) is 4.92. The molecule has 0 bridgehead atoms. The molecule has 1 unspecified atom stereocenters. The highest BCUT2D eigenvalue weighted by Gasteiger charge is 2.37. The lowest BCUT2D eigenvalue weighted by atomic mass is 10.1. The van der Waals surface area contributed by atoms with Crippen LogP contribution in [0.1, 0.15) is 27.1 Å². The summed E-state index contributed by atoms with van der Waals surface area (Å²) in [5.74, 6) is 0.749. The van der Waals surface area contributed by atoms with Gasteiger partial charge < -0.3 is 14.6 Å². The van der Waals surface area contributed by atoms with Crippen molar-refractivity contribution in [3.8, 4) is 0 Å². The van der Waals surface area contributed by atoms with E-state index in [0.717, 1.165) is 5.56 Å². The van der Waals surface area contributed by atoms with E-state index in [-0.39, 0.29) is 22.9 Å². The molecule has 1 N–H and O–H groups in total. The molecular formula is C18H15N3O3S2. The summed E-state index contributed by atoms with van der Waals surface area (Å²) in [7, 11) is 0. The van der Waals surface area contributed by atoms with Crippen LogP contribution in [0.15, 0.2) is 58.7 Å². The smallest absolute Gasteiger partial charge is 0.255 e. The topological polar surface area (TPSA) is 75.4 Å². The fourth-order valence-corrected chi connectivity index (χ4v) is 4.50. The van der Waals surface area contributed by atoms with E-state index in [9.17, 15) is 9.59 Å². The van der Waals surface area contributed by atoms with Gasteiger partial charge in [0, 0.05) is 17.1 Å². The van der Waals surface area contributed by atoms with Crippen LogP contribution in [0.4, 0.5) is 5.13 Å². The maximum absolute atomic E-state index is 12.8. The van der Waals surface area contributed by atoms with E-state index in [0.29, 0.717) is 23.0 Å². The zero-order chi connectivity index (χ0) is 17.9. The van der Waals surface area contributed by atoms with E-state index < -0.39 is 0 Å². The number of carbonyl (C=O) groups is 2. The molecular weight excluding hydrogens is 370 g/mol. The van der Waals surface area contributed by atoms with E-state index in [4.69, 9.17) is 4.42 Å². The molecule has 0 spiro atoms. The monoisotopic (exact) mass is 385 g/mol. The second-order valence-electron chi connectivity index (χ2n) is 5.65. The van der Waals surface area contributed by atoms with Crippen LogP contribution in [-0.2, 0) is 11.3 Å². The minimum Gasteiger partial charge on any atom is -0.467 e. The highest BCUT2D eigenvalue weighted by atomic mass is 32.2. The molecule has 0 saturated carbocycles. The Morgan fingerprint density at radius 3 is 2.96 bits per heavy atom. The van der Waals surface area contributed by atoms with Gasteiger partial charge in [-0.2, -0.15) is 0 Å². The summed E-state index contributed by atoms with van der Waals surface area (Å²) < 4.78 is 5.40. The molecule has 0 saturated heterocycles. The number of rotatable bonds is 6. The molecule has 1 aromatic carbocycles. The zero-order valence-electron chi connectivity index (χ0n) is 13.6. The number of fused-ring (bicyclic) bond motifs is 1. The first-order chi connectivity index (χ1) is 12.7. The SMILES string of the molecule is O=C(CSC1c2ccccc2C(=O)N1Cc1ccco1)Nc1nccs1. The fourth-order valence-electron chi connectivity index (χ4n) is 2.84. The highest BCUT2D eigenvalue weighted by Crippen LogP contribution is 2.42. The molecule has 6 nitrogen and oxygen atoms in total. The molecule has 1 aliphatic heterocycles. The summed E-state index contributed by atoms with van der Waals surface area (Å²) >= 11 is 2.79. The molecule has 0 radical (unpaired) electrons. The van der Waals surface area contributed by atoms with Crippen LogP contribution in [0.3, 0.4) is 0 Å². The third-order valence-corrected chi connectivity index (χ3v) is 5.90. The van der Waals surface area contributed by atoms with Crippen LogP contribution in [0.25, 0.3) is 0 Å². The fraction of sp³-hybridized carbons (Fsp3) is 0.167. The number of nitrogens with one attached hydrogen (secondary N) is 1. The summed E-state index contributed by atoms with van der Waals surface area (Å²) in [6, 6.07) is 11.2. The number of carbonyl (C=O) groups excluding carboxylic acids is 2. The summed E-state index contributed by atoms with van der Waals surface area (Å²) in [5.41, 5.74) is 1.60. The Morgan fingerprint density at radius 1 is 1.31 bits per heavy atom. The number of hydrogen-bond acceptors (Lipinski definition) is 6. The number of anilines is 1. The van der Waals surface area contributed by atoms with Gasteiger partial charge in [0.15, 0.2) is 5.13 Å². The van der Waals surface area contributed by atoms with E-state index >= 15 is 0 Å². The van der Waals surface area contributed by atoms with Crippen molar-refractivity contribution >= 4 is 40.0 Å². The predicted octanol–water partition coefficient (Wildman–Crippen LogP) is 3.76. The van der Waals surface area contributed by atoms with Gasteiger partial charge >= 0.3 is 0 Å². The molecule has 3 heterocycles. The van der Waals surface area contributed by atoms with Crippen molar-refractivity contribution in [1.82, 2.24) is 9.88 Å². The van der Waals surface area contributed by atoms with Crippen molar-refractivity contribution in [2.75, 3.05) is 11.1 Å². The molecule has 0 aliphatic carbocycles. The van der Waals surface area contributed by atoms with E-state index in [1.165, 1.54) is 23.1 Å². The first-order valence-electron chi connectivity index (χ1n) is 7.95. The Kier molecular flexibility index (Phi) is 4.77. The van der Waals surface area contributed by atoms with Gasteiger partial charge in [-0.05, 0) is 23.8 Å². The molecule has 8 heteroatoms. The summed E-state index contributed by atoms with van der Waals surface area (Å²) in [6.07, 6.45) is 3.23. The van der Waals surface area contributed by atoms with Gasteiger partial charge in [-0.1, -0.05) is 18.2 Å². The van der Waals surface area contributed by atoms with Gasteiger partial charge in [-0.3, -0.25) is 9.59 Å². The van der Waals surface area contributed by atoms with Gasteiger partial charge in [0.05, 0.1) is 18.6 Å². The van der Waals surface area contributed by atoms with Gasteiger partial charge in [0.25, 0.3) is 5.91 Å². The number of thioether (sulfide) groups is 1. The number of hydrogen-bond donors (Lipinski definition) is 1. The molecule has 2 aromatic heterocycles. The lowest BCUT2D eigenvalue weighted by Crippen LogP contribution is -2.27. The Morgan fingerprint density at radius 2 is 2.19 bits per heavy atom. The Labute approximate surface area is 158 Å². The van der Waals surface area contributed by atoms with Gasteiger partial charge in [-0.15, -0.1) is 23.1 Å². The molecule has 3 aromatic rings. The van der Waals surface area contributed by atoms with Crippen molar-refractivity contribution in [1.29, 1.82) is 0 Å². The minimum atomic E-state index is -0.231. The number of furan rings is 1. The minimum absolute atomic E-state index is 0.0465. The Balaban J connectivity index is 1.50.